The normalized spacial score (nSPS) is 32.0. The van der Waals surface area contributed by atoms with Crippen molar-refractivity contribution >= 4 is 0 Å². The molecule has 1 saturated heterocycles. The Bertz CT molecular complexity index is 551. The van der Waals surface area contributed by atoms with Crippen molar-refractivity contribution in [2.75, 3.05) is 20.2 Å². The fourth-order valence-corrected chi connectivity index (χ4v) is 4.25. The fourth-order valence-electron chi connectivity index (χ4n) is 4.25. The Balaban J connectivity index is 1.94. The molecule has 4 heteroatoms. The summed E-state index contributed by atoms with van der Waals surface area (Å²) in [6, 6.07) is 10.5. The van der Waals surface area contributed by atoms with Crippen LogP contribution in [0.5, 0.6) is 5.75 Å². The van der Waals surface area contributed by atoms with Gasteiger partial charge in [-0.1, -0.05) is 25.0 Å². The van der Waals surface area contributed by atoms with Crippen LogP contribution in [0.15, 0.2) is 24.3 Å². The van der Waals surface area contributed by atoms with Crippen LogP contribution >= 0.6 is 0 Å². The standard InChI is InChI=1S/C18H24N2O2/c1-22-15-7-5-14(6-8-15)17-16-4-2-3-9-18(16,21)10-12-20(17)13-11-19/h5-8,16-17,21H,2-4,9-10,12-13H2,1H3/t16-,17+,18-/m0/s1. The Morgan fingerprint density at radius 3 is 2.77 bits per heavy atom. The van der Waals surface area contributed by atoms with Gasteiger partial charge < -0.3 is 9.84 Å². The van der Waals surface area contributed by atoms with E-state index in [1.165, 1.54) is 12.0 Å². The summed E-state index contributed by atoms with van der Waals surface area (Å²) in [5, 5.41) is 20.2. The molecule has 1 aliphatic heterocycles. The Morgan fingerprint density at radius 1 is 1.32 bits per heavy atom. The minimum Gasteiger partial charge on any atom is -0.497 e. The maximum atomic E-state index is 11.1. The molecule has 3 rings (SSSR count). The number of fused-ring (bicyclic) bond motifs is 1. The van der Waals surface area contributed by atoms with Crippen LogP contribution in [0.1, 0.15) is 43.7 Å². The highest BCUT2D eigenvalue weighted by molar-refractivity contribution is 5.31. The zero-order valence-corrected chi connectivity index (χ0v) is 13.2. The summed E-state index contributed by atoms with van der Waals surface area (Å²) in [6.45, 7) is 1.21. The molecule has 4 nitrogen and oxygen atoms in total. The predicted octanol–water partition coefficient (Wildman–Crippen LogP) is 2.89. The molecule has 1 heterocycles. The lowest BCUT2D eigenvalue weighted by Crippen LogP contribution is -2.54. The first kappa shape index (κ1) is 15.3. The molecule has 118 valence electrons. The summed E-state index contributed by atoms with van der Waals surface area (Å²) < 4.78 is 5.24. The van der Waals surface area contributed by atoms with Gasteiger partial charge >= 0.3 is 0 Å². The smallest absolute Gasteiger partial charge is 0.118 e. The maximum absolute atomic E-state index is 11.1. The number of piperidine rings is 1. The summed E-state index contributed by atoms with van der Waals surface area (Å²) in [7, 11) is 1.66. The highest BCUT2D eigenvalue weighted by atomic mass is 16.5. The molecule has 1 N–H and O–H groups in total. The number of nitrogens with zero attached hydrogens (tertiary/aromatic N) is 2. The van der Waals surface area contributed by atoms with Gasteiger partial charge in [0, 0.05) is 18.5 Å². The van der Waals surface area contributed by atoms with Crippen molar-refractivity contribution in [2.45, 2.75) is 43.7 Å². The number of methoxy groups -OCH3 is 1. The molecule has 3 atom stereocenters. The zero-order valence-electron chi connectivity index (χ0n) is 13.2. The van der Waals surface area contributed by atoms with E-state index in [9.17, 15) is 5.11 Å². The average Bonchev–Trinajstić information content (AvgIpc) is 2.55. The molecule has 1 aromatic carbocycles. The number of hydrogen-bond acceptors (Lipinski definition) is 4. The van der Waals surface area contributed by atoms with Crippen LogP contribution in [0.4, 0.5) is 0 Å². The lowest BCUT2D eigenvalue weighted by Gasteiger charge is -2.52. The van der Waals surface area contributed by atoms with Crippen LogP contribution in [0.25, 0.3) is 0 Å². The van der Waals surface area contributed by atoms with Crippen LogP contribution < -0.4 is 4.74 Å². The monoisotopic (exact) mass is 300 g/mol. The average molecular weight is 300 g/mol. The molecule has 0 radical (unpaired) electrons. The van der Waals surface area contributed by atoms with Crippen molar-refractivity contribution in [1.29, 1.82) is 5.26 Å². The Morgan fingerprint density at radius 2 is 2.09 bits per heavy atom. The summed E-state index contributed by atoms with van der Waals surface area (Å²) in [6.07, 6.45) is 4.99. The van der Waals surface area contributed by atoms with Gasteiger partial charge in [0.15, 0.2) is 0 Å². The van der Waals surface area contributed by atoms with Gasteiger partial charge in [-0.3, -0.25) is 4.90 Å². The minimum absolute atomic E-state index is 0.129. The minimum atomic E-state index is -0.561. The van der Waals surface area contributed by atoms with Gasteiger partial charge in [0.1, 0.15) is 5.75 Å². The number of likely N-dealkylation sites (tertiary alicyclic amines) is 1. The van der Waals surface area contributed by atoms with E-state index in [0.29, 0.717) is 6.54 Å². The molecule has 2 aliphatic rings. The first-order chi connectivity index (χ1) is 10.7. The molecule has 0 amide bonds. The van der Waals surface area contributed by atoms with Crippen LogP contribution in [-0.4, -0.2) is 35.8 Å². The van der Waals surface area contributed by atoms with Gasteiger partial charge in [-0.05, 0) is 37.0 Å². The molecule has 0 aromatic heterocycles. The second kappa shape index (κ2) is 6.28. The van der Waals surface area contributed by atoms with Gasteiger partial charge in [-0.25, -0.2) is 0 Å². The zero-order chi connectivity index (χ0) is 15.6. The second-order valence-corrected chi connectivity index (χ2v) is 6.55. The number of benzene rings is 1. The Hall–Kier alpha value is -1.57. The van der Waals surface area contributed by atoms with E-state index in [-0.39, 0.29) is 12.0 Å². The second-order valence-electron chi connectivity index (χ2n) is 6.55. The van der Waals surface area contributed by atoms with Gasteiger partial charge in [0.2, 0.25) is 0 Å². The molecule has 0 unspecified atom stereocenters. The van der Waals surface area contributed by atoms with Crippen LogP contribution in [-0.2, 0) is 0 Å². The molecule has 1 aromatic rings. The van der Waals surface area contributed by atoms with Crippen molar-refractivity contribution in [3.05, 3.63) is 29.8 Å². The van der Waals surface area contributed by atoms with E-state index in [4.69, 9.17) is 10.00 Å². The number of nitriles is 1. The number of ether oxygens (including phenoxy) is 1. The lowest BCUT2D eigenvalue weighted by molar-refractivity contribution is -0.121. The molecule has 1 aliphatic carbocycles. The van der Waals surface area contributed by atoms with E-state index in [1.54, 1.807) is 7.11 Å². The van der Waals surface area contributed by atoms with Gasteiger partial charge in [0.25, 0.3) is 0 Å². The molecule has 0 bridgehead atoms. The van der Waals surface area contributed by atoms with Crippen molar-refractivity contribution in [3.63, 3.8) is 0 Å². The topological polar surface area (TPSA) is 56.5 Å². The van der Waals surface area contributed by atoms with Crippen LogP contribution in [0.3, 0.4) is 0 Å². The van der Waals surface area contributed by atoms with Crippen molar-refractivity contribution in [1.82, 2.24) is 4.90 Å². The van der Waals surface area contributed by atoms with E-state index >= 15 is 0 Å². The number of aliphatic hydroxyl groups is 1. The first-order valence-electron chi connectivity index (χ1n) is 8.15. The summed E-state index contributed by atoms with van der Waals surface area (Å²) in [5.41, 5.74) is 0.621. The number of rotatable bonds is 3. The largest absolute Gasteiger partial charge is 0.497 e. The van der Waals surface area contributed by atoms with Gasteiger partial charge in [-0.2, -0.15) is 5.26 Å². The molecule has 2 fully saturated rings. The highest BCUT2D eigenvalue weighted by Gasteiger charge is 2.48. The van der Waals surface area contributed by atoms with Crippen LogP contribution in [0.2, 0.25) is 0 Å². The molecule has 22 heavy (non-hydrogen) atoms. The summed E-state index contributed by atoms with van der Waals surface area (Å²) in [4.78, 5) is 2.23. The predicted molar refractivity (Wildman–Crippen MR) is 84.4 cm³/mol. The molecule has 0 spiro atoms. The SMILES string of the molecule is COc1ccc([C@@H]2[C@@H]3CCCC[C@]3(O)CCN2CC#N)cc1. The third-order valence-electron chi connectivity index (χ3n) is 5.40. The summed E-state index contributed by atoms with van der Waals surface area (Å²) >= 11 is 0. The van der Waals surface area contributed by atoms with Gasteiger partial charge in [0.05, 0.1) is 25.3 Å². The fraction of sp³-hybridized carbons (Fsp3) is 0.611. The first-order valence-corrected chi connectivity index (χ1v) is 8.15. The van der Waals surface area contributed by atoms with Crippen molar-refractivity contribution in [2.24, 2.45) is 5.92 Å². The Labute approximate surface area is 132 Å². The quantitative estimate of drug-likeness (QED) is 0.872. The number of hydrogen-bond donors (Lipinski definition) is 1. The van der Waals surface area contributed by atoms with Crippen molar-refractivity contribution < 1.29 is 9.84 Å². The molecule has 1 saturated carbocycles. The Kier molecular flexibility index (Phi) is 4.37. The van der Waals surface area contributed by atoms with E-state index in [1.807, 2.05) is 12.1 Å². The van der Waals surface area contributed by atoms with Crippen molar-refractivity contribution in [3.8, 4) is 11.8 Å². The highest BCUT2D eigenvalue weighted by Crippen LogP contribution is 2.49. The van der Waals surface area contributed by atoms with Gasteiger partial charge in [-0.15, -0.1) is 0 Å². The molecular weight excluding hydrogens is 276 g/mol. The summed E-state index contributed by atoms with van der Waals surface area (Å²) in [5.74, 6) is 1.06. The third kappa shape index (κ3) is 2.71. The third-order valence-corrected chi connectivity index (χ3v) is 5.40. The van der Waals surface area contributed by atoms with E-state index in [0.717, 1.165) is 38.0 Å². The van der Waals surface area contributed by atoms with Crippen LogP contribution in [0, 0.1) is 17.2 Å². The van der Waals surface area contributed by atoms with E-state index in [2.05, 4.69) is 23.1 Å². The molecular formula is C18H24N2O2. The maximum Gasteiger partial charge on any atom is 0.118 e. The lowest BCUT2D eigenvalue weighted by atomic mass is 9.66. The van der Waals surface area contributed by atoms with E-state index < -0.39 is 5.60 Å².